The lowest BCUT2D eigenvalue weighted by Crippen LogP contribution is -2.51. The van der Waals surface area contributed by atoms with Gasteiger partial charge in [0.25, 0.3) is 17.7 Å². The van der Waals surface area contributed by atoms with Gasteiger partial charge in [0.05, 0.1) is 10.6 Å². The summed E-state index contributed by atoms with van der Waals surface area (Å²) < 4.78 is 0.837. The van der Waals surface area contributed by atoms with E-state index in [0.717, 1.165) is 4.47 Å². The smallest absolute Gasteiger partial charge is 0.269 e. The Labute approximate surface area is 158 Å². The molecule has 3 N–H and O–H groups in total. The van der Waals surface area contributed by atoms with Crippen LogP contribution in [0.1, 0.15) is 27.6 Å². The summed E-state index contributed by atoms with van der Waals surface area (Å²) in [5, 5.41) is 2.80. The number of rotatable bonds is 4. The van der Waals surface area contributed by atoms with Gasteiger partial charge in [0.15, 0.2) is 0 Å². The molecule has 0 aliphatic carbocycles. The van der Waals surface area contributed by atoms with E-state index in [4.69, 9.17) is 11.6 Å². The van der Waals surface area contributed by atoms with Crippen LogP contribution < -0.4 is 16.2 Å². The Bertz CT molecular complexity index is 796. The Balaban J connectivity index is 1.88. The third kappa shape index (κ3) is 5.30. The summed E-state index contributed by atoms with van der Waals surface area (Å²) in [7, 11) is 0. The molecule has 2 aromatic carbocycles. The van der Waals surface area contributed by atoms with Crippen LogP contribution in [0.5, 0.6) is 0 Å². The van der Waals surface area contributed by atoms with E-state index in [1.807, 2.05) is 0 Å². The Hall–Kier alpha value is -2.38. The molecule has 0 spiro atoms. The van der Waals surface area contributed by atoms with E-state index in [-0.39, 0.29) is 10.6 Å². The van der Waals surface area contributed by atoms with Crippen molar-refractivity contribution in [1.29, 1.82) is 0 Å². The molecule has 0 fully saturated rings. The molecule has 2 aromatic rings. The molecule has 6 nitrogen and oxygen atoms in total. The molecule has 0 bridgehead atoms. The number of amides is 3. The lowest BCUT2D eigenvalue weighted by Gasteiger charge is -2.15. The zero-order chi connectivity index (χ0) is 18.4. The van der Waals surface area contributed by atoms with Crippen LogP contribution in [0.4, 0.5) is 0 Å². The van der Waals surface area contributed by atoms with Crippen LogP contribution >= 0.6 is 27.5 Å². The minimum atomic E-state index is -0.867. The van der Waals surface area contributed by atoms with Crippen molar-refractivity contribution in [3.05, 3.63) is 69.2 Å². The van der Waals surface area contributed by atoms with Crippen molar-refractivity contribution in [3.63, 3.8) is 0 Å². The maximum absolute atomic E-state index is 12.1. The molecule has 0 heterocycles. The second-order valence-corrected chi connectivity index (χ2v) is 6.45. The number of carbonyl (C=O) groups is 3. The Morgan fingerprint density at radius 3 is 2.24 bits per heavy atom. The second-order valence-electron chi connectivity index (χ2n) is 5.13. The summed E-state index contributed by atoms with van der Waals surface area (Å²) in [6.07, 6.45) is 0. The fourth-order valence-electron chi connectivity index (χ4n) is 1.89. The molecule has 25 heavy (non-hydrogen) atoms. The van der Waals surface area contributed by atoms with Gasteiger partial charge in [-0.05, 0) is 43.3 Å². The second kappa shape index (κ2) is 8.64. The van der Waals surface area contributed by atoms with E-state index in [1.54, 1.807) is 48.5 Å². The molecular weight excluding hydrogens is 410 g/mol. The van der Waals surface area contributed by atoms with Gasteiger partial charge in [-0.15, -0.1) is 0 Å². The van der Waals surface area contributed by atoms with E-state index in [9.17, 15) is 14.4 Å². The first-order valence-electron chi connectivity index (χ1n) is 7.29. The molecule has 0 saturated heterocycles. The summed E-state index contributed by atoms with van der Waals surface area (Å²) in [4.78, 5) is 36.0. The summed E-state index contributed by atoms with van der Waals surface area (Å²) >= 11 is 9.21. The van der Waals surface area contributed by atoms with Gasteiger partial charge >= 0.3 is 0 Å². The minimum absolute atomic E-state index is 0.266. The number of hydrazine groups is 1. The van der Waals surface area contributed by atoms with Crippen molar-refractivity contribution >= 4 is 45.3 Å². The topological polar surface area (TPSA) is 87.3 Å². The standard InChI is InChI=1S/C17H15BrClN3O3/c1-10(20-17(25)13-4-2-3-5-14(13)19)15(23)21-22-16(24)11-6-8-12(18)9-7-11/h2-10H,1H3,(H,20,25)(H,21,23)(H,22,24)/t10-/m0/s1. The highest BCUT2D eigenvalue weighted by molar-refractivity contribution is 9.10. The van der Waals surface area contributed by atoms with Crippen molar-refractivity contribution in [2.24, 2.45) is 0 Å². The average Bonchev–Trinajstić information content (AvgIpc) is 2.60. The van der Waals surface area contributed by atoms with Crippen molar-refractivity contribution in [3.8, 4) is 0 Å². The van der Waals surface area contributed by atoms with E-state index < -0.39 is 23.8 Å². The summed E-state index contributed by atoms with van der Waals surface area (Å²) in [6, 6.07) is 12.3. The zero-order valence-electron chi connectivity index (χ0n) is 13.2. The van der Waals surface area contributed by atoms with Gasteiger partial charge in [-0.2, -0.15) is 0 Å². The van der Waals surface area contributed by atoms with Crippen LogP contribution in [0.2, 0.25) is 5.02 Å². The molecule has 0 aliphatic heterocycles. The first kappa shape index (κ1) is 19.0. The Morgan fingerprint density at radius 2 is 1.60 bits per heavy atom. The SMILES string of the molecule is C[C@H](NC(=O)c1ccccc1Cl)C(=O)NNC(=O)c1ccc(Br)cc1. The van der Waals surface area contributed by atoms with Crippen molar-refractivity contribution in [1.82, 2.24) is 16.2 Å². The van der Waals surface area contributed by atoms with Gasteiger partial charge in [0.2, 0.25) is 0 Å². The van der Waals surface area contributed by atoms with Crippen molar-refractivity contribution in [2.45, 2.75) is 13.0 Å². The number of hydrogen-bond donors (Lipinski definition) is 3. The maximum atomic E-state index is 12.1. The quantitative estimate of drug-likeness (QED) is 0.660. The number of nitrogens with one attached hydrogen (secondary N) is 3. The largest absolute Gasteiger partial charge is 0.340 e. The average molecular weight is 425 g/mol. The predicted octanol–water partition coefficient (Wildman–Crippen LogP) is 2.68. The lowest BCUT2D eigenvalue weighted by molar-refractivity contribution is -0.123. The predicted molar refractivity (Wildman–Crippen MR) is 98.1 cm³/mol. The molecule has 0 saturated carbocycles. The number of hydrogen-bond acceptors (Lipinski definition) is 3. The van der Waals surface area contributed by atoms with Gasteiger partial charge in [-0.1, -0.05) is 39.7 Å². The van der Waals surface area contributed by atoms with Crippen LogP contribution in [-0.4, -0.2) is 23.8 Å². The first-order valence-corrected chi connectivity index (χ1v) is 8.46. The third-order valence-electron chi connectivity index (χ3n) is 3.27. The number of carbonyl (C=O) groups excluding carboxylic acids is 3. The molecule has 0 radical (unpaired) electrons. The molecular formula is C17H15BrClN3O3. The number of halogens is 2. The van der Waals surface area contributed by atoms with E-state index in [0.29, 0.717) is 5.56 Å². The third-order valence-corrected chi connectivity index (χ3v) is 4.12. The summed E-state index contributed by atoms with van der Waals surface area (Å²) in [5.74, 6) is -1.51. The van der Waals surface area contributed by atoms with E-state index in [1.165, 1.54) is 6.92 Å². The molecule has 1 atom stereocenters. The van der Waals surface area contributed by atoms with Gasteiger partial charge in [-0.3, -0.25) is 25.2 Å². The maximum Gasteiger partial charge on any atom is 0.269 e. The Kier molecular flexibility index (Phi) is 6.55. The van der Waals surface area contributed by atoms with Gasteiger partial charge < -0.3 is 5.32 Å². The minimum Gasteiger partial charge on any atom is -0.340 e. The molecule has 0 aliphatic rings. The molecule has 3 amide bonds. The molecule has 2 rings (SSSR count). The molecule has 8 heteroatoms. The molecule has 130 valence electrons. The van der Waals surface area contributed by atoms with Gasteiger partial charge in [0, 0.05) is 10.0 Å². The lowest BCUT2D eigenvalue weighted by atomic mass is 10.2. The molecule has 0 unspecified atom stereocenters. The summed E-state index contributed by atoms with van der Waals surface area (Å²) in [6.45, 7) is 1.50. The first-order chi connectivity index (χ1) is 11.9. The van der Waals surface area contributed by atoms with Crippen molar-refractivity contribution in [2.75, 3.05) is 0 Å². The van der Waals surface area contributed by atoms with Gasteiger partial charge in [-0.25, -0.2) is 0 Å². The van der Waals surface area contributed by atoms with Crippen molar-refractivity contribution < 1.29 is 14.4 Å². The van der Waals surface area contributed by atoms with Crippen LogP contribution in [-0.2, 0) is 4.79 Å². The zero-order valence-corrected chi connectivity index (χ0v) is 15.5. The van der Waals surface area contributed by atoms with Crippen LogP contribution in [0.15, 0.2) is 53.0 Å². The highest BCUT2D eigenvalue weighted by Crippen LogP contribution is 2.14. The van der Waals surface area contributed by atoms with Crippen LogP contribution in [0, 0.1) is 0 Å². The Morgan fingerprint density at radius 1 is 0.960 bits per heavy atom. The van der Waals surface area contributed by atoms with Crippen LogP contribution in [0.25, 0.3) is 0 Å². The fraction of sp³-hybridized carbons (Fsp3) is 0.118. The number of benzene rings is 2. The highest BCUT2D eigenvalue weighted by atomic mass is 79.9. The monoisotopic (exact) mass is 423 g/mol. The van der Waals surface area contributed by atoms with E-state index >= 15 is 0 Å². The normalized spacial score (nSPS) is 11.3. The molecule has 0 aromatic heterocycles. The van der Waals surface area contributed by atoms with E-state index in [2.05, 4.69) is 32.1 Å². The summed E-state index contributed by atoms with van der Waals surface area (Å²) in [5.41, 5.74) is 5.21. The fourth-order valence-corrected chi connectivity index (χ4v) is 2.37. The van der Waals surface area contributed by atoms with Crippen LogP contribution in [0.3, 0.4) is 0 Å². The van der Waals surface area contributed by atoms with Gasteiger partial charge in [0.1, 0.15) is 6.04 Å². The highest BCUT2D eigenvalue weighted by Gasteiger charge is 2.18.